The lowest BCUT2D eigenvalue weighted by atomic mass is 9.73. The van der Waals surface area contributed by atoms with Crippen molar-refractivity contribution in [3.63, 3.8) is 0 Å². The predicted molar refractivity (Wildman–Crippen MR) is 120 cm³/mol. The van der Waals surface area contributed by atoms with E-state index in [2.05, 4.69) is 15.4 Å². The quantitative estimate of drug-likeness (QED) is 0.587. The number of benzene rings is 1. The molecule has 1 aliphatic carbocycles. The molecule has 12 heteroatoms. The van der Waals surface area contributed by atoms with E-state index in [1.807, 2.05) is 16.7 Å². The summed E-state index contributed by atoms with van der Waals surface area (Å²) < 4.78 is 40.6. The highest BCUT2D eigenvalue weighted by Gasteiger charge is 2.55. The summed E-state index contributed by atoms with van der Waals surface area (Å²) in [6.07, 6.45) is -1.17. The van der Waals surface area contributed by atoms with Crippen LogP contribution in [0.4, 0.5) is 23.7 Å². The van der Waals surface area contributed by atoms with Crippen molar-refractivity contribution in [2.24, 2.45) is 5.92 Å². The number of ether oxygens (including phenoxy) is 1. The lowest BCUT2D eigenvalue weighted by Crippen LogP contribution is -2.55. The van der Waals surface area contributed by atoms with Crippen molar-refractivity contribution in [1.29, 1.82) is 0 Å². The lowest BCUT2D eigenvalue weighted by Gasteiger charge is -2.38. The van der Waals surface area contributed by atoms with Crippen LogP contribution in [-0.4, -0.2) is 83.8 Å². The molecule has 0 bridgehead atoms. The second kappa shape index (κ2) is 10.0. The summed E-state index contributed by atoms with van der Waals surface area (Å²) in [5, 5.41) is 5.63. The molecule has 1 spiro atoms. The second-order valence-corrected chi connectivity index (χ2v) is 9.44. The van der Waals surface area contributed by atoms with Crippen LogP contribution in [0, 0.1) is 5.92 Å². The van der Waals surface area contributed by atoms with E-state index in [0.29, 0.717) is 38.3 Å². The number of nitrogens with one attached hydrogen (secondary N) is 2. The molecule has 0 unspecified atom stereocenters. The van der Waals surface area contributed by atoms with Crippen LogP contribution in [0.15, 0.2) is 24.3 Å². The number of hydrogen-bond acceptors (Lipinski definition) is 6. The number of halogens is 3. The number of piperazine rings is 1. The van der Waals surface area contributed by atoms with Crippen LogP contribution in [0.3, 0.4) is 0 Å². The van der Waals surface area contributed by atoms with E-state index in [0.717, 1.165) is 31.4 Å². The van der Waals surface area contributed by atoms with Crippen molar-refractivity contribution in [3.8, 4) is 5.75 Å². The van der Waals surface area contributed by atoms with Crippen LogP contribution in [0.1, 0.15) is 32.6 Å². The second-order valence-electron chi connectivity index (χ2n) is 9.44. The van der Waals surface area contributed by atoms with Crippen LogP contribution in [0.5, 0.6) is 5.75 Å². The van der Waals surface area contributed by atoms with Gasteiger partial charge in [0.25, 0.3) is 5.91 Å². The van der Waals surface area contributed by atoms with Gasteiger partial charge in [-0.1, -0.05) is 19.8 Å². The van der Waals surface area contributed by atoms with Gasteiger partial charge in [-0.05, 0) is 43.0 Å². The molecule has 2 saturated heterocycles. The van der Waals surface area contributed by atoms with Crippen molar-refractivity contribution < 1.29 is 32.3 Å². The Morgan fingerprint density at radius 1 is 1.11 bits per heavy atom. The molecule has 4 rings (SSSR count). The van der Waals surface area contributed by atoms with E-state index in [1.54, 1.807) is 0 Å². The van der Waals surface area contributed by atoms with Gasteiger partial charge in [0.05, 0.1) is 13.2 Å². The molecule has 0 radical (unpaired) electrons. The van der Waals surface area contributed by atoms with Crippen molar-refractivity contribution >= 4 is 23.5 Å². The zero-order chi connectivity index (χ0) is 25.2. The molecule has 1 aromatic rings. The summed E-state index contributed by atoms with van der Waals surface area (Å²) in [6, 6.07) is 4.62. The Balaban J connectivity index is 1.22. The first-order valence-electron chi connectivity index (χ1n) is 11.8. The Labute approximate surface area is 201 Å². The molecule has 9 nitrogen and oxygen atoms in total. The van der Waals surface area contributed by atoms with E-state index in [9.17, 15) is 27.6 Å². The van der Waals surface area contributed by atoms with Gasteiger partial charge in [-0.25, -0.2) is 9.69 Å². The van der Waals surface area contributed by atoms with E-state index in [-0.39, 0.29) is 42.7 Å². The maximum absolute atomic E-state index is 13.1. The average molecular weight is 498 g/mol. The summed E-state index contributed by atoms with van der Waals surface area (Å²) in [6.45, 7) is 4.72. The highest BCUT2D eigenvalue weighted by molar-refractivity contribution is 6.07. The molecule has 4 amide bonds. The SMILES string of the molecule is C[C@@H]1CCCC[C@]12NC(=O)N(CN1CCN(CC(=O)Nc3ccc(OC(F)(F)F)cc3)CC1)C2=O. The summed E-state index contributed by atoms with van der Waals surface area (Å²) in [7, 11) is 0. The molecule has 3 aliphatic rings. The minimum atomic E-state index is -4.77. The van der Waals surface area contributed by atoms with Gasteiger partial charge in [-0.15, -0.1) is 13.2 Å². The Morgan fingerprint density at radius 2 is 1.77 bits per heavy atom. The highest BCUT2D eigenvalue weighted by atomic mass is 19.4. The fourth-order valence-electron chi connectivity index (χ4n) is 5.06. The predicted octanol–water partition coefficient (Wildman–Crippen LogP) is 2.60. The standard InChI is InChI=1S/C23H30F3N5O4/c1-16-4-2-3-9-22(16)20(33)31(21(34)28-22)15-30-12-10-29(11-13-30)14-19(32)27-17-5-7-18(8-6-17)35-23(24,25)26/h5-8,16H,2-4,9-15H2,1H3,(H,27,32)(H,28,34)/t16-,22+/m1/s1. The first-order valence-corrected chi connectivity index (χ1v) is 11.8. The van der Waals surface area contributed by atoms with Crippen molar-refractivity contribution in [2.75, 3.05) is 44.7 Å². The summed E-state index contributed by atoms with van der Waals surface area (Å²) >= 11 is 0. The van der Waals surface area contributed by atoms with Crippen LogP contribution >= 0.6 is 0 Å². The molecule has 0 aromatic heterocycles. The smallest absolute Gasteiger partial charge is 0.406 e. The minimum absolute atomic E-state index is 0.112. The molecule has 2 heterocycles. The van der Waals surface area contributed by atoms with E-state index >= 15 is 0 Å². The average Bonchev–Trinajstić information content (AvgIpc) is 3.02. The molecule has 192 valence electrons. The van der Waals surface area contributed by atoms with Gasteiger partial charge < -0.3 is 15.4 Å². The van der Waals surface area contributed by atoms with E-state index in [4.69, 9.17) is 0 Å². The number of imide groups is 1. The number of rotatable bonds is 6. The van der Waals surface area contributed by atoms with Gasteiger partial charge in [-0.2, -0.15) is 0 Å². The zero-order valence-corrected chi connectivity index (χ0v) is 19.6. The Bertz CT molecular complexity index is 949. The maximum atomic E-state index is 13.1. The van der Waals surface area contributed by atoms with Crippen LogP contribution < -0.4 is 15.4 Å². The lowest BCUT2D eigenvalue weighted by molar-refractivity contribution is -0.274. The molecule has 2 aliphatic heterocycles. The third-order valence-electron chi connectivity index (χ3n) is 7.05. The molecular weight excluding hydrogens is 467 g/mol. The Morgan fingerprint density at radius 3 is 2.40 bits per heavy atom. The van der Waals surface area contributed by atoms with Crippen molar-refractivity contribution in [3.05, 3.63) is 24.3 Å². The number of carbonyl (C=O) groups is 3. The third kappa shape index (κ3) is 5.87. The molecule has 2 N–H and O–H groups in total. The van der Waals surface area contributed by atoms with E-state index < -0.39 is 11.9 Å². The molecule has 3 fully saturated rings. The van der Waals surface area contributed by atoms with Gasteiger partial charge in [0.1, 0.15) is 11.3 Å². The number of alkyl halides is 3. The fraction of sp³-hybridized carbons (Fsp3) is 0.609. The molecule has 1 aromatic carbocycles. The van der Waals surface area contributed by atoms with Gasteiger partial charge in [0.2, 0.25) is 5.91 Å². The van der Waals surface area contributed by atoms with Crippen LogP contribution in [-0.2, 0) is 9.59 Å². The van der Waals surface area contributed by atoms with Crippen molar-refractivity contribution in [1.82, 2.24) is 20.0 Å². The third-order valence-corrected chi connectivity index (χ3v) is 7.05. The van der Waals surface area contributed by atoms with E-state index in [1.165, 1.54) is 17.0 Å². The summed E-state index contributed by atoms with van der Waals surface area (Å²) in [5.74, 6) is -0.671. The summed E-state index contributed by atoms with van der Waals surface area (Å²) in [4.78, 5) is 43.4. The van der Waals surface area contributed by atoms with Crippen LogP contribution in [0.2, 0.25) is 0 Å². The molecule has 2 atom stereocenters. The number of urea groups is 1. The van der Waals surface area contributed by atoms with Gasteiger partial charge in [0, 0.05) is 31.9 Å². The molecule has 35 heavy (non-hydrogen) atoms. The largest absolute Gasteiger partial charge is 0.573 e. The minimum Gasteiger partial charge on any atom is -0.406 e. The highest BCUT2D eigenvalue weighted by Crippen LogP contribution is 2.38. The first-order chi connectivity index (χ1) is 16.6. The van der Waals surface area contributed by atoms with Crippen LogP contribution in [0.25, 0.3) is 0 Å². The fourth-order valence-corrected chi connectivity index (χ4v) is 5.06. The maximum Gasteiger partial charge on any atom is 0.573 e. The Hall–Kier alpha value is -2.86. The first kappa shape index (κ1) is 25.2. The molecular formula is C23H30F3N5O4. The zero-order valence-electron chi connectivity index (χ0n) is 19.6. The summed E-state index contributed by atoms with van der Waals surface area (Å²) in [5.41, 5.74) is -0.403. The van der Waals surface area contributed by atoms with Gasteiger partial charge in [-0.3, -0.25) is 19.4 Å². The number of amides is 4. The number of nitrogens with zero attached hydrogens (tertiary/aromatic N) is 3. The number of hydrogen-bond donors (Lipinski definition) is 2. The topological polar surface area (TPSA) is 94.2 Å². The number of anilines is 1. The van der Waals surface area contributed by atoms with Gasteiger partial charge >= 0.3 is 12.4 Å². The van der Waals surface area contributed by atoms with Crippen molar-refractivity contribution in [2.45, 2.75) is 44.5 Å². The normalized spacial score (nSPS) is 26.2. The molecule has 1 saturated carbocycles. The monoisotopic (exact) mass is 497 g/mol. The Kier molecular flexibility index (Phi) is 7.22. The van der Waals surface area contributed by atoms with Gasteiger partial charge in [0.15, 0.2) is 0 Å². The number of carbonyl (C=O) groups excluding carboxylic acids is 3.